The summed E-state index contributed by atoms with van der Waals surface area (Å²) in [6, 6.07) is 5.34. The van der Waals surface area contributed by atoms with Gasteiger partial charge >= 0.3 is 5.97 Å². The molecule has 21 heavy (non-hydrogen) atoms. The minimum Gasteiger partial charge on any atom is -0.479 e. The number of aromatic amines is 1. The zero-order chi connectivity index (χ0) is 15.8. The number of amides is 1. The van der Waals surface area contributed by atoms with Crippen molar-refractivity contribution in [1.29, 1.82) is 0 Å². The summed E-state index contributed by atoms with van der Waals surface area (Å²) in [6.45, 7) is 4.66. The van der Waals surface area contributed by atoms with Crippen LogP contribution in [0.25, 0.3) is 10.9 Å². The number of nitrogens with one attached hydrogen (secondary N) is 2. The predicted molar refractivity (Wildman–Crippen MR) is 78.4 cm³/mol. The Labute approximate surface area is 121 Å². The van der Waals surface area contributed by atoms with E-state index in [1.807, 2.05) is 19.9 Å². The first-order valence-electron chi connectivity index (χ1n) is 6.56. The summed E-state index contributed by atoms with van der Waals surface area (Å²) in [5.74, 6) is -1.81. The van der Waals surface area contributed by atoms with Gasteiger partial charge < -0.3 is 20.5 Å². The number of hydrogen-bond donors (Lipinski definition) is 4. The molecule has 2 rings (SSSR count). The topological polar surface area (TPSA) is 102 Å². The van der Waals surface area contributed by atoms with Crippen LogP contribution in [-0.4, -0.2) is 39.2 Å². The number of aliphatic carboxylic acids is 1. The number of para-hydroxylation sites is 1. The molecule has 1 amide bonds. The van der Waals surface area contributed by atoms with Crippen LogP contribution in [0, 0.1) is 13.8 Å². The van der Waals surface area contributed by atoms with Crippen molar-refractivity contribution in [3.05, 3.63) is 35.0 Å². The van der Waals surface area contributed by atoms with Gasteiger partial charge in [-0.3, -0.25) is 4.79 Å². The summed E-state index contributed by atoms with van der Waals surface area (Å²) in [4.78, 5) is 26.2. The molecular formula is C15H18N2O4. The van der Waals surface area contributed by atoms with Crippen molar-refractivity contribution in [3.63, 3.8) is 0 Å². The smallest absolute Gasteiger partial charge is 0.337 e. The number of aromatic nitrogens is 1. The molecule has 0 aliphatic heterocycles. The Hall–Kier alpha value is -2.34. The fraction of sp³-hybridized carbons (Fsp3) is 0.333. The monoisotopic (exact) mass is 290 g/mol. The minimum absolute atomic E-state index is 0.365. The van der Waals surface area contributed by atoms with Gasteiger partial charge in [-0.25, -0.2) is 4.79 Å². The summed E-state index contributed by atoms with van der Waals surface area (Å²) >= 11 is 0. The third kappa shape index (κ3) is 2.75. The van der Waals surface area contributed by atoms with Gasteiger partial charge in [-0.2, -0.15) is 0 Å². The molecule has 4 N–H and O–H groups in total. The van der Waals surface area contributed by atoms with E-state index in [1.54, 1.807) is 12.1 Å². The van der Waals surface area contributed by atoms with Crippen LogP contribution in [0.5, 0.6) is 0 Å². The molecule has 1 atom stereocenters. The fourth-order valence-electron chi connectivity index (χ4n) is 2.10. The Morgan fingerprint density at radius 2 is 2.00 bits per heavy atom. The molecule has 0 saturated carbocycles. The maximum absolute atomic E-state index is 12.2. The van der Waals surface area contributed by atoms with Gasteiger partial charge in [0, 0.05) is 11.1 Å². The van der Waals surface area contributed by atoms with Gasteiger partial charge in [0.25, 0.3) is 5.91 Å². The van der Waals surface area contributed by atoms with Gasteiger partial charge in [0.1, 0.15) is 0 Å². The number of carboxylic acids is 1. The summed E-state index contributed by atoms with van der Waals surface area (Å²) in [6.07, 6.45) is 0. The summed E-state index contributed by atoms with van der Waals surface area (Å²) in [5, 5.41) is 21.9. The highest BCUT2D eigenvalue weighted by atomic mass is 16.4. The number of carbonyl (C=O) groups is 2. The zero-order valence-electron chi connectivity index (χ0n) is 12.2. The Balaban J connectivity index is 2.28. The van der Waals surface area contributed by atoms with Crippen LogP contribution in [0.15, 0.2) is 18.2 Å². The molecule has 6 heteroatoms. The van der Waals surface area contributed by atoms with Gasteiger partial charge in [-0.05, 0) is 32.4 Å². The molecule has 0 aliphatic rings. The average molecular weight is 290 g/mol. The molecule has 0 radical (unpaired) electrons. The van der Waals surface area contributed by atoms with Crippen molar-refractivity contribution in [3.8, 4) is 0 Å². The molecule has 0 aliphatic carbocycles. The molecule has 2 aromatic rings. The Bertz CT molecular complexity index is 716. The maximum atomic E-state index is 12.2. The summed E-state index contributed by atoms with van der Waals surface area (Å²) < 4.78 is 0. The molecule has 1 aromatic heterocycles. The number of aliphatic hydroxyl groups is 1. The summed E-state index contributed by atoms with van der Waals surface area (Å²) in [7, 11) is 0. The molecule has 112 valence electrons. The third-order valence-corrected chi connectivity index (χ3v) is 3.64. The van der Waals surface area contributed by atoms with Crippen LogP contribution in [0.1, 0.15) is 28.5 Å². The number of rotatable bonds is 4. The molecule has 6 nitrogen and oxygen atoms in total. The first-order chi connectivity index (χ1) is 9.74. The first kappa shape index (κ1) is 15.1. The molecule has 1 unspecified atom stereocenters. The Kier molecular flexibility index (Phi) is 3.74. The third-order valence-electron chi connectivity index (χ3n) is 3.64. The standard InChI is InChI=1S/C15H18N2O4/c1-8-9(2)17-12-10(8)5-4-6-11(12)13(18)16-7-15(3,21)14(19)20/h4-6,17,21H,7H2,1-3H3,(H,16,18)(H,19,20). The van der Waals surface area contributed by atoms with Crippen LogP contribution in [0.4, 0.5) is 0 Å². The normalized spacial score (nSPS) is 13.9. The average Bonchev–Trinajstić information content (AvgIpc) is 2.72. The highest BCUT2D eigenvalue weighted by Crippen LogP contribution is 2.24. The molecular weight excluding hydrogens is 272 g/mol. The van der Waals surface area contributed by atoms with Crippen molar-refractivity contribution < 1.29 is 19.8 Å². The molecule has 1 heterocycles. The van der Waals surface area contributed by atoms with E-state index >= 15 is 0 Å². The molecule has 0 bridgehead atoms. The first-order valence-corrected chi connectivity index (χ1v) is 6.56. The second kappa shape index (κ2) is 5.21. The van der Waals surface area contributed by atoms with Crippen LogP contribution < -0.4 is 5.32 Å². The fourth-order valence-corrected chi connectivity index (χ4v) is 2.10. The number of benzene rings is 1. The number of aryl methyl sites for hydroxylation is 2. The number of fused-ring (bicyclic) bond motifs is 1. The number of carboxylic acid groups (broad SMARTS) is 1. The lowest BCUT2D eigenvalue weighted by atomic mass is 10.1. The second-order valence-corrected chi connectivity index (χ2v) is 5.36. The highest BCUT2D eigenvalue weighted by molar-refractivity contribution is 6.06. The zero-order valence-corrected chi connectivity index (χ0v) is 12.2. The molecule has 0 fully saturated rings. The maximum Gasteiger partial charge on any atom is 0.337 e. The van der Waals surface area contributed by atoms with Gasteiger partial charge in [0.2, 0.25) is 0 Å². The number of H-pyrrole nitrogens is 1. The van der Waals surface area contributed by atoms with E-state index in [4.69, 9.17) is 5.11 Å². The van der Waals surface area contributed by atoms with Crippen molar-refractivity contribution >= 4 is 22.8 Å². The quantitative estimate of drug-likeness (QED) is 0.682. The van der Waals surface area contributed by atoms with Crippen molar-refractivity contribution in [2.45, 2.75) is 26.4 Å². The lowest BCUT2D eigenvalue weighted by molar-refractivity contribution is -0.155. The lowest BCUT2D eigenvalue weighted by Crippen LogP contribution is -2.46. The largest absolute Gasteiger partial charge is 0.479 e. The van der Waals surface area contributed by atoms with E-state index in [0.29, 0.717) is 11.1 Å². The van der Waals surface area contributed by atoms with E-state index < -0.39 is 17.5 Å². The van der Waals surface area contributed by atoms with Crippen LogP contribution >= 0.6 is 0 Å². The molecule has 0 spiro atoms. The van der Waals surface area contributed by atoms with E-state index in [0.717, 1.165) is 23.6 Å². The molecule has 1 aromatic carbocycles. The van der Waals surface area contributed by atoms with E-state index in [9.17, 15) is 14.7 Å². The van der Waals surface area contributed by atoms with Crippen molar-refractivity contribution in [2.24, 2.45) is 0 Å². The Morgan fingerprint density at radius 3 is 2.62 bits per heavy atom. The van der Waals surface area contributed by atoms with E-state index in [2.05, 4.69) is 10.3 Å². The van der Waals surface area contributed by atoms with Gasteiger partial charge in [0.15, 0.2) is 5.60 Å². The van der Waals surface area contributed by atoms with E-state index in [1.165, 1.54) is 0 Å². The number of carbonyl (C=O) groups excluding carboxylic acids is 1. The van der Waals surface area contributed by atoms with Crippen molar-refractivity contribution in [1.82, 2.24) is 10.3 Å². The van der Waals surface area contributed by atoms with Gasteiger partial charge in [-0.15, -0.1) is 0 Å². The Morgan fingerprint density at radius 1 is 1.33 bits per heavy atom. The minimum atomic E-state index is -1.99. The van der Waals surface area contributed by atoms with Gasteiger partial charge in [-0.1, -0.05) is 12.1 Å². The number of hydrogen-bond acceptors (Lipinski definition) is 3. The SMILES string of the molecule is Cc1[nH]c2c(C(=O)NCC(C)(O)C(=O)O)cccc2c1C. The lowest BCUT2D eigenvalue weighted by Gasteiger charge is -2.18. The van der Waals surface area contributed by atoms with Crippen molar-refractivity contribution in [2.75, 3.05) is 6.54 Å². The van der Waals surface area contributed by atoms with E-state index in [-0.39, 0.29) is 6.54 Å². The predicted octanol–water partition coefficient (Wildman–Crippen LogP) is 1.35. The molecule has 0 saturated heterocycles. The summed E-state index contributed by atoms with van der Waals surface area (Å²) in [5.41, 5.74) is 1.18. The van der Waals surface area contributed by atoms with Crippen LogP contribution in [0.2, 0.25) is 0 Å². The highest BCUT2D eigenvalue weighted by Gasteiger charge is 2.30. The second-order valence-electron chi connectivity index (χ2n) is 5.36. The van der Waals surface area contributed by atoms with Gasteiger partial charge in [0.05, 0.1) is 17.6 Å². The van der Waals surface area contributed by atoms with Crippen LogP contribution in [0.3, 0.4) is 0 Å². The van der Waals surface area contributed by atoms with Crippen LogP contribution in [-0.2, 0) is 4.79 Å².